The zero-order valence-electron chi connectivity index (χ0n) is 15.8. The average Bonchev–Trinajstić information content (AvgIpc) is 2.57. The minimum atomic E-state index is -0.808. The molecule has 1 heterocycles. The summed E-state index contributed by atoms with van der Waals surface area (Å²) in [5, 5.41) is 2.94. The van der Waals surface area contributed by atoms with Gasteiger partial charge in [0.25, 0.3) is 5.91 Å². The van der Waals surface area contributed by atoms with E-state index in [4.69, 9.17) is 9.47 Å². The Morgan fingerprint density at radius 2 is 1.92 bits per heavy atom. The van der Waals surface area contributed by atoms with Gasteiger partial charge in [0.1, 0.15) is 5.60 Å². The van der Waals surface area contributed by atoms with Crippen molar-refractivity contribution in [2.75, 3.05) is 18.5 Å². The van der Waals surface area contributed by atoms with Crippen molar-refractivity contribution in [1.82, 2.24) is 4.98 Å². The molecule has 0 bridgehead atoms. The van der Waals surface area contributed by atoms with E-state index in [1.807, 2.05) is 26.8 Å². The number of nitrogens with one attached hydrogen (secondary N) is 1. The Kier molecular flexibility index (Phi) is 8.76. The number of pyridine rings is 1. The van der Waals surface area contributed by atoms with Crippen molar-refractivity contribution < 1.29 is 14.3 Å². The van der Waals surface area contributed by atoms with Gasteiger partial charge in [-0.1, -0.05) is 33.6 Å². The molecular weight excluding hydrogens is 304 g/mol. The molecule has 136 valence electrons. The molecular formula is C19H32N2O3. The van der Waals surface area contributed by atoms with Gasteiger partial charge in [0.05, 0.1) is 18.5 Å². The Morgan fingerprint density at radius 1 is 1.21 bits per heavy atom. The maximum Gasteiger partial charge on any atom is 0.256 e. The lowest BCUT2D eigenvalue weighted by molar-refractivity contribution is -0.140. The molecule has 24 heavy (non-hydrogen) atoms. The van der Waals surface area contributed by atoms with E-state index in [1.54, 1.807) is 6.20 Å². The fourth-order valence-corrected chi connectivity index (χ4v) is 2.34. The molecule has 1 amide bonds. The number of hydrogen-bond acceptors (Lipinski definition) is 4. The topological polar surface area (TPSA) is 60.5 Å². The Morgan fingerprint density at radius 3 is 2.50 bits per heavy atom. The quantitative estimate of drug-likeness (QED) is 0.646. The lowest BCUT2D eigenvalue weighted by atomic mass is 9.97. The monoisotopic (exact) mass is 336 g/mol. The summed E-state index contributed by atoms with van der Waals surface area (Å²) in [5.41, 5.74) is 0.771. The molecule has 1 aromatic heterocycles. The fourth-order valence-electron chi connectivity index (χ4n) is 2.34. The van der Waals surface area contributed by atoms with Gasteiger partial charge in [0, 0.05) is 12.2 Å². The van der Waals surface area contributed by atoms with Crippen LogP contribution >= 0.6 is 0 Å². The molecule has 0 aliphatic rings. The van der Waals surface area contributed by atoms with Gasteiger partial charge in [-0.15, -0.1) is 0 Å². The summed E-state index contributed by atoms with van der Waals surface area (Å²) in [6, 6.07) is 1.88. The highest BCUT2D eigenvalue weighted by molar-refractivity contribution is 5.97. The summed E-state index contributed by atoms with van der Waals surface area (Å²) in [4.78, 5) is 17.0. The van der Waals surface area contributed by atoms with Gasteiger partial charge >= 0.3 is 0 Å². The predicted molar refractivity (Wildman–Crippen MR) is 97.6 cm³/mol. The van der Waals surface area contributed by atoms with Gasteiger partial charge in [-0.3, -0.25) is 4.79 Å². The minimum Gasteiger partial charge on any atom is -0.477 e. The van der Waals surface area contributed by atoms with Crippen LogP contribution in [0.15, 0.2) is 12.3 Å². The number of rotatable bonds is 11. The molecule has 0 aromatic carbocycles. The highest BCUT2D eigenvalue weighted by Crippen LogP contribution is 2.24. The molecule has 5 heteroatoms. The van der Waals surface area contributed by atoms with Crippen LogP contribution in [0, 0.1) is 6.92 Å². The molecule has 0 radical (unpaired) electrons. The summed E-state index contributed by atoms with van der Waals surface area (Å²) >= 11 is 0. The van der Waals surface area contributed by atoms with Crippen LogP contribution in [0.4, 0.5) is 5.69 Å². The third-order valence-electron chi connectivity index (χ3n) is 3.84. The minimum absolute atomic E-state index is 0.118. The molecule has 5 nitrogen and oxygen atoms in total. The van der Waals surface area contributed by atoms with Gasteiger partial charge in [-0.05, 0) is 39.2 Å². The number of carbonyl (C=O) groups excluding carboxylic acids is 1. The predicted octanol–water partition coefficient (Wildman–Crippen LogP) is 4.49. The highest BCUT2D eigenvalue weighted by atomic mass is 16.5. The molecule has 0 unspecified atom stereocenters. The Balaban J connectivity index is 2.80. The van der Waals surface area contributed by atoms with E-state index in [9.17, 15) is 4.79 Å². The lowest BCUT2D eigenvalue weighted by Crippen LogP contribution is -2.43. The van der Waals surface area contributed by atoms with E-state index in [-0.39, 0.29) is 5.91 Å². The van der Waals surface area contributed by atoms with Crippen molar-refractivity contribution in [2.45, 2.75) is 72.3 Å². The number of unbranched alkanes of at least 4 members (excludes halogenated alkanes) is 1. The van der Waals surface area contributed by atoms with Crippen LogP contribution in [0.5, 0.6) is 5.88 Å². The molecule has 0 aliphatic heterocycles. The molecule has 0 saturated carbocycles. The van der Waals surface area contributed by atoms with Gasteiger partial charge in [0.2, 0.25) is 5.88 Å². The third-order valence-corrected chi connectivity index (χ3v) is 3.84. The molecule has 1 atom stereocenters. The molecule has 0 aliphatic carbocycles. The van der Waals surface area contributed by atoms with Gasteiger partial charge in [0.15, 0.2) is 0 Å². The van der Waals surface area contributed by atoms with Crippen molar-refractivity contribution in [1.29, 1.82) is 0 Å². The van der Waals surface area contributed by atoms with Crippen molar-refractivity contribution in [3.05, 3.63) is 17.8 Å². The van der Waals surface area contributed by atoms with Crippen LogP contribution < -0.4 is 10.1 Å². The zero-order valence-corrected chi connectivity index (χ0v) is 15.8. The molecule has 0 spiro atoms. The molecule has 0 fully saturated rings. The first kappa shape index (κ1) is 20.4. The lowest BCUT2D eigenvalue weighted by Gasteiger charge is -2.28. The van der Waals surface area contributed by atoms with Crippen LogP contribution in [-0.4, -0.2) is 29.7 Å². The Hall–Kier alpha value is -1.62. The molecule has 1 aromatic rings. The van der Waals surface area contributed by atoms with Crippen molar-refractivity contribution in [3.63, 3.8) is 0 Å². The number of nitrogens with zero attached hydrogens (tertiary/aromatic N) is 1. The largest absolute Gasteiger partial charge is 0.477 e. The van der Waals surface area contributed by atoms with E-state index in [0.717, 1.165) is 31.2 Å². The summed E-state index contributed by atoms with van der Waals surface area (Å²) < 4.78 is 11.4. The van der Waals surface area contributed by atoms with E-state index in [2.05, 4.69) is 24.1 Å². The van der Waals surface area contributed by atoms with Gasteiger partial charge in [-0.25, -0.2) is 4.98 Å². The average molecular weight is 336 g/mol. The van der Waals surface area contributed by atoms with E-state index < -0.39 is 5.60 Å². The van der Waals surface area contributed by atoms with Crippen LogP contribution in [0.25, 0.3) is 0 Å². The molecule has 1 N–H and O–H groups in total. The number of ether oxygens (including phenoxy) is 2. The first-order chi connectivity index (χ1) is 11.5. The van der Waals surface area contributed by atoms with E-state index in [0.29, 0.717) is 31.2 Å². The van der Waals surface area contributed by atoms with Crippen LogP contribution in [0.3, 0.4) is 0 Å². The number of carbonyl (C=O) groups is 1. The van der Waals surface area contributed by atoms with Crippen molar-refractivity contribution in [3.8, 4) is 5.88 Å². The van der Waals surface area contributed by atoms with Crippen molar-refractivity contribution in [2.24, 2.45) is 0 Å². The second-order valence-corrected chi connectivity index (χ2v) is 6.33. The first-order valence-electron chi connectivity index (χ1n) is 9.01. The normalized spacial score (nSPS) is 13.4. The van der Waals surface area contributed by atoms with Crippen LogP contribution in [-0.2, 0) is 9.53 Å². The smallest absolute Gasteiger partial charge is 0.256 e. The SMILES string of the molecule is CCCC[C@@](C)(OCCC)C(=O)Nc1cnc(OCCC)c(C)c1. The molecule has 1 rings (SSSR count). The number of aryl methyl sites for hydroxylation is 1. The van der Waals surface area contributed by atoms with Gasteiger partial charge in [-0.2, -0.15) is 0 Å². The van der Waals surface area contributed by atoms with Crippen LogP contribution in [0.2, 0.25) is 0 Å². The number of hydrogen-bond donors (Lipinski definition) is 1. The number of anilines is 1. The number of amides is 1. The fraction of sp³-hybridized carbons (Fsp3) is 0.684. The summed E-state index contributed by atoms with van der Waals surface area (Å²) in [6.07, 6.45) is 6.15. The van der Waals surface area contributed by atoms with Gasteiger partial charge < -0.3 is 14.8 Å². The summed E-state index contributed by atoms with van der Waals surface area (Å²) in [6.45, 7) is 11.2. The maximum absolute atomic E-state index is 12.7. The zero-order chi connectivity index (χ0) is 18.0. The Bertz CT molecular complexity index is 509. The molecule has 0 saturated heterocycles. The number of aromatic nitrogens is 1. The van der Waals surface area contributed by atoms with Crippen molar-refractivity contribution >= 4 is 11.6 Å². The second-order valence-electron chi connectivity index (χ2n) is 6.33. The summed E-state index contributed by atoms with van der Waals surface area (Å²) in [5.74, 6) is 0.499. The summed E-state index contributed by atoms with van der Waals surface area (Å²) in [7, 11) is 0. The first-order valence-corrected chi connectivity index (χ1v) is 9.01. The van der Waals surface area contributed by atoms with Crippen LogP contribution in [0.1, 0.15) is 65.4 Å². The van der Waals surface area contributed by atoms with E-state index >= 15 is 0 Å². The third kappa shape index (κ3) is 6.11. The second kappa shape index (κ2) is 10.3. The van der Waals surface area contributed by atoms with E-state index in [1.165, 1.54) is 0 Å². The highest BCUT2D eigenvalue weighted by Gasteiger charge is 2.33. The standard InChI is InChI=1S/C19H32N2O3/c1-6-9-10-19(5,24-12-8-3)18(22)21-16-13-15(4)17(20-14-16)23-11-7-2/h13-14H,6-12H2,1-5H3,(H,21,22)/t19-/m1/s1. The Labute approximate surface area is 146 Å². The maximum atomic E-state index is 12.7.